The van der Waals surface area contributed by atoms with Crippen LogP contribution in [0.2, 0.25) is 10.0 Å². The summed E-state index contributed by atoms with van der Waals surface area (Å²) in [5, 5.41) is 2.00. The number of carbonyl (C=O) groups is 2. The van der Waals surface area contributed by atoms with E-state index in [-0.39, 0.29) is 11.9 Å². The molecule has 1 aromatic carbocycles. The van der Waals surface area contributed by atoms with Gasteiger partial charge in [-0.1, -0.05) is 37.0 Å². The second-order valence-electron chi connectivity index (χ2n) is 6.42. The Morgan fingerprint density at radius 2 is 1.62 bits per heavy atom. The molecule has 1 aromatic rings. The van der Waals surface area contributed by atoms with Crippen molar-refractivity contribution in [3.8, 4) is 0 Å². The highest BCUT2D eigenvalue weighted by atomic mass is 35.5. The van der Waals surface area contributed by atoms with Crippen molar-refractivity contribution in [1.29, 1.82) is 0 Å². The molecule has 1 rings (SSSR count). The summed E-state index contributed by atoms with van der Waals surface area (Å²) >= 11 is 11.9. The van der Waals surface area contributed by atoms with E-state index in [9.17, 15) is 9.59 Å². The summed E-state index contributed by atoms with van der Waals surface area (Å²) in [5.41, 5.74) is 2.19. The smallest absolute Gasteiger partial charge is 0.426 e. The fourth-order valence-corrected chi connectivity index (χ4v) is 2.70. The maximum absolute atomic E-state index is 12.8. The van der Waals surface area contributed by atoms with E-state index in [1.54, 1.807) is 26.8 Å². The van der Waals surface area contributed by atoms with E-state index < -0.39 is 11.7 Å². The lowest BCUT2D eigenvalue weighted by Crippen LogP contribution is -2.52. The van der Waals surface area contributed by atoms with Gasteiger partial charge in [0.15, 0.2) is 0 Å². The minimum atomic E-state index is -0.684. The summed E-state index contributed by atoms with van der Waals surface area (Å²) in [4.78, 5) is 24.9. The van der Waals surface area contributed by atoms with E-state index in [1.807, 2.05) is 13.8 Å². The van der Waals surface area contributed by atoms with Crippen molar-refractivity contribution in [2.75, 3.05) is 0 Å². The zero-order valence-electron chi connectivity index (χ0n) is 14.7. The molecule has 0 unspecified atom stereocenters. The summed E-state index contributed by atoms with van der Waals surface area (Å²) in [6.45, 7) is 9.15. The molecule has 0 atom stereocenters. The van der Waals surface area contributed by atoms with Gasteiger partial charge in [0.25, 0.3) is 5.91 Å². The molecule has 0 aliphatic carbocycles. The number of nitrogens with one attached hydrogen (secondary N) is 1. The molecule has 0 aliphatic heterocycles. The first-order valence-corrected chi connectivity index (χ1v) is 8.62. The van der Waals surface area contributed by atoms with Gasteiger partial charge in [0.1, 0.15) is 5.60 Å². The van der Waals surface area contributed by atoms with Gasteiger partial charge < -0.3 is 4.74 Å². The van der Waals surface area contributed by atoms with E-state index in [0.717, 1.165) is 0 Å². The summed E-state index contributed by atoms with van der Waals surface area (Å²) in [6.07, 6.45) is 0.662. The molecule has 134 valence electrons. The molecule has 0 aromatic heterocycles. The number of amides is 2. The molecule has 0 spiro atoms. The van der Waals surface area contributed by atoms with E-state index in [0.29, 0.717) is 28.5 Å². The Morgan fingerprint density at radius 1 is 1.12 bits per heavy atom. The van der Waals surface area contributed by atoms with Crippen LogP contribution in [-0.4, -0.2) is 28.7 Å². The van der Waals surface area contributed by atoms with E-state index in [1.165, 1.54) is 17.1 Å². The monoisotopic (exact) mass is 374 g/mol. The van der Waals surface area contributed by atoms with Crippen molar-refractivity contribution >= 4 is 35.2 Å². The SMILES string of the molecule is CCC(CC)N(NC(=O)OC(C)(C)C)C(=O)c1cc(Cl)cc(Cl)c1. The zero-order valence-corrected chi connectivity index (χ0v) is 16.2. The first-order valence-electron chi connectivity index (χ1n) is 7.86. The second-order valence-corrected chi connectivity index (χ2v) is 7.29. The summed E-state index contributed by atoms with van der Waals surface area (Å²) in [7, 11) is 0. The summed E-state index contributed by atoms with van der Waals surface area (Å²) < 4.78 is 5.24. The number of rotatable bonds is 4. The van der Waals surface area contributed by atoms with Crippen LogP contribution < -0.4 is 5.43 Å². The molecule has 2 amide bonds. The lowest BCUT2D eigenvalue weighted by atomic mass is 10.1. The highest BCUT2D eigenvalue weighted by Gasteiger charge is 2.27. The number of ether oxygens (including phenoxy) is 1. The molecule has 0 bridgehead atoms. The van der Waals surface area contributed by atoms with Gasteiger partial charge >= 0.3 is 6.09 Å². The van der Waals surface area contributed by atoms with Crippen LogP contribution in [0.1, 0.15) is 57.8 Å². The van der Waals surface area contributed by atoms with Crippen LogP contribution in [0.4, 0.5) is 4.79 Å². The highest BCUT2D eigenvalue weighted by molar-refractivity contribution is 6.35. The summed E-state index contributed by atoms with van der Waals surface area (Å²) in [5.74, 6) is -0.390. The predicted octanol–water partition coefficient (Wildman–Crippen LogP) is 5.06. The van der Waals surface area contributed by atoms with Crippen LogP contribution >= 0.6 is 23.2 Å². The fourth-order valence-electron chi connectivity index (χ4n) is 2.18. The number of benzene rings is 1. The fraction of sp³-hybridized carbons (Fsp3) is 0.529. The minimum absolute atomic E-state index is 0.178. The van der Waals surface area contributed by atoms with E-state index in [4.69, 9.17) is 27.9 Å². The number of hydrogen-bond donors (Lipinski definition) is 1. The molecular formula is C17H24Cl2N2O3. The number of hydrazine groups is 1. The lowest BCUT2D eigenvalue weighted by Gasteiger charge is -2.31. The minimum Gasteiger partial charge on any atom is -0.443 e. The average molecular weight is 375 g/mol. The lowest BCUT2D eigenvalue weighted by molar-refractivity contribution is 0.0206. The third-order valence-electron chi connectivity index (χ3n) is 3.25. The maximum Gasteiger partial charge on any atom is 0.426 e. The number of nitrogens with zero attached hydrogens (tertiary/aromatic N) is 1. The second kappa shape index (κ2) is 8.58. The number of carbonyl (C=O) groups excluding carboxylic acids is 2. The van der Waals surface area contributed by atoms with Crippen LogP contribution in [-0.2, 0) is 4.74 Å². The van der Waals surface area contributed by atoms with Crippen molar-refractivity contribution in [2.24, 2.45) is 0 Å². The van der Waals surface area contributed by atoms with Crippen molar-refractivity contribution in [3.63, 3.8) is 0 Å². The molecular weight excluding hydrogens is 351 g/mol. The van der Waals surface area contributed by atoms with E-state index in [2.05, 4.69) is 5.43 Å². The van der Waals surface area contributed by atoms with Crippen LogP contribution in [0.5, 0.6) is 0 Å². The Kier molecular flexibility index (Phi) is 7.36. The van der Waals surface area contributed by atoms with Crippen molar-refractivity contribution in [3.05, 3.63) is 33.8 Å². The summed E-state index contributed by atoms with van der Waals surface area (Å²) in [6, 6.07) is 4.40. The first kappa shape index (κ1) is 20.6. The molecule has 5 nitrogen and oxygen atoms in total. The Hall–Kier alpha value is -1.46. The van der Waals surface area contributed by atoms with Gasteiger partial charge in [-0.2, -0.15) is 0 Å². The van der Waals surface area contributed by atoms with Gasteiger partial charge in [0, 0.05) is 15.6 Å². The number of halogens is 2. The molecule has 0 saturated carbocycles. The standard InChI is InChI=1S/C17H24Cl2N2O3/c1-6-14(7-2)21(20-16(23)24-17(3,4)5)15(22)11-8-12(18)10-13(19)9-11/h8-10,14H,6-7H2,1-5H3,(H,20,23). The molecule has 0 heterocycles. The number of hydrogen-bond acceptors (Lipinski definition) is 3. The maximum atomic E-state index is 12.8. The molecule has 24 heavy (non-hydrogen) atoms. The van der Waals surface area contributed by atoms with Crippen molar-refractivity contribution in [2.45, 2.75) is 59.1 Å². The van der Waals surface area contributed by atoms with Gasteiger partial charge in [0.05, 0.1) is 6.04 Å². The predicted molar refractivity (Wildman–Crippen MR) is 96.4 cm³/mol. The Balaban J connectivity index is 3.08. The van der Waals surface area contributed by atoms with Crippen LogP contribution in [0.3, 0.4) is 0 Å². The Bertz CT molecular complexity index is 576. The molecule has 7 heteroatoms. The molecule has 0 saturated heterocycles. The van der Waals surface area contributed by atoms with E-state index >= 15 is 0 Å². The van der Waals surface area contributed by atoms with Crippen molar-refractivity contribution < 1.29 is 14.3 Å². The third kappa shape index (κ3) is 6.21. The highest BCUT2D eigenvalue weighted by Crippen LogP contribution is 2.21. The first-order chi connectivity index (χ1) is 11.1. The van der Waals surface area contributed by atoms with Gasteiger partial charge in [-0.15, -0.1) is 0 Å². The Labute approximate surface area is 153 Å². The Morgan fingerprint density at radius 3 is 2.04 bits per heavy atom. The van der Waals surface area contributed by atoms with Gasteiger partial charge in [-0.05, 0) is 51.8 Å². The van der Waals surface area contributed by atoms with Crippen LogP contribution in [0.15, 0.2) is 18.2 Å². The molecule has 1 N–H and O–H groups in total. The average Bonchev–Trinajstić information content (AvgIpc) is 2.43. The van der Waals surface area contributed by atoms with Gasteiger partial charge in [0.2, 0.25) is 0 Å². The van der Waals surface area contributed by atoms with Crippen LogP contribution in [0.25, 0.3) is 0 Å². The van der Waals surface area contributed by atoms with Gasteiger partial charge in [-0.3, -0.25) is 4.79 Å². The quantitative estimate of drug-likeness (QED) is 0.748. The third-order valence-corrected chi connectivity index (χ3v) is 3.68. The largest absolute Gasteiger partial charge is 0.443 e. The van der Waals surface area contributed by atoms with Crippen molar-refractivity contribution in [1.82, 2.24) is 10.4 Å². The topological polar surface area (TPSA) is 58.6 Å². The van der Waals surface area contributed by atoms with Gasteiger partial charge in [-0.25, -0.2) is 15.2 Å². The zero-order chi connectivity index (χ0) is 18.5. The molecule has 0 radical (unpaired) electrons. The molecule has 0 aliphatic rings. The molecule has 0 fully saturated rings. The normalized spacial score (nSPS) is 11.3. The van der Waals surface area contributed by atoms with Crippen LogP contribution in [0, 0.1) is 0 Å².